The maximum atomic E-state index is 6.22. The summed E-state index contributed by atoms with van der Waals surface area (Å²) in [4.78, 5) is 0. The molecule has 0 aromatic rings. The van der Waals surface area contributed by atoms with E-state index in [9.17, 15) is 0 Å². The molecule has 0 saturated carbocycles. The summed E-state index contributed by atoms with van der Waals surface area (Å²) in [5.74, 6) is 0. The summed E-state index contributed by atoms with van der Waals surface area (Å²) >= 11 is 13.1. The number of hydrogen-bond acceptors (Lipinski definition) is 0. The Labute approximate surface area is 111 Å². The standard InChI is InChI=1S/C10H20BBr2Cl/c12-9-5-1-3-7-11(14)8-4-2-6-10-13/h1-10H2. The van der Waals surface area contributed by atoms with E-state index in [0.717, 1.165) is 10.7 Å². The van der Waals surface area contributed by atoms with Gasteiger partial charge in [0.25, 0.3) is 6.13 Å². The van der Waals surface area contributed by atoms with Gasteiger partial charge in [-0.25, -0.2) is 0 Å². The Morgan fingerprint density at radius 1 is 0.714 bits per heavy atom. The van der Waals surface area contributed by atoms with Crippen LogP contribution in [0.2, 0.25) is 12.6 Å². The molecule has 84 valence electrons. The third kappa shape index (κ3) is 11.4. The Bertz CT molecular complexity index is 102. The van der Waals surface area contributed by atoms with Crippen LogP contribution in [-0.4, -0.2) is 16.8 Å². The summed E-state index contributed by atoms with van der Waals surface area (Å²) in [7, 11) is 0. The lowest BCUT2D eigenvalue weighted by molar-refractivity contribution is 0.758. The molecule has 0 radical (unpaired) electrons. The SMILES string of the molecule is ClB(CCCCCBr)CCCCCBr. The first-order chi connectivity index (χ1) is 6.81. The van der Waals surface area contributed by atoms with Crippen LogP contribution in [0.25, 0.3) is 0 Å². The molecule has 0 fully saturated rings. The fraction of sp³-hybridized carbons (Fsp3) is 1.00. The summed E-state index contributed by atoms with van der Waals surface area (Å²) in [6.45, 7) is 0. The first-order valence-corrected chi connectivity index (χ1v) is 8.25. The molecule has 0 rings (SSSR count). The van der Waals surface area contributed by atoms with Crippen molar-refractivity contribution in [2.45, 2.75) is 51.2 Å². The van der Waals surface area contributed by atoms with Gasteiger partial charge in [0.05, 0.1) is 0 Å². The molecule has 0 nitrogen and oxygen atoms in total. The molecular weight excluding hydrogens is 326 g/mol. The van der Waals surface area contributed by atoms with Crippen molar-refractivity contribution in [3.63, 3.8) is 0 Å². The van der Waals surface area contributed by atoms with Gasteiger partial charge in [-0.05, 0) is 12.8 Å². The van der Waals surface area contributed by atoms with Crippen molar-refractivity contribution < 1.29 is 0 Å². The van der Waals surface area contributed by atoms with Crippen LogP contribution in [-0.2, 0) is 0 Å². The molecular formula is C10H20BBr2Cl. The van der Waals surface area contributed by atoms with Gasteiger partial charge in [0, 0.05) is 10.7 Å². The smallest absolute Gasteiger partial charge is 0.196 e. The largest absolute Gasteiger partial charge is 0.250 e. The molecule has 0 saturated heterocycles. The number of halogens is 3. The average molecular weight is 346 g/mol. The molecule has 14 heavy (non-hydrogen) atoms. The van der Waals surface area contributed by atoms with Crippen molar-refractivity contribution in [1.29, 1.82) is 0 Å². The number of hydrogen-bond donors (Lipinski definition) is 0. The second-order valence-electron chi connectivity index (χ2n) is 3.67. The van der Waals surface area contributed by atoms with Crippen LogP contribution in [0.5, 0.6) is 0 Å². The van der Waals surface area contributed by atoms with Crippen molar-refractivity contribution in [2.75, 3.05) is 10.7 Å². The van der Waals surface area contributed by atoms with E-state index in [2.05, 4.69) is 31.9 Å². The topological polar surface area (TPSA) is 0 Å². The molecule has 0 heterocycles. The quantitative estimate of drug-likeness (QED) is 0.284. The minimum absolute atomic E-state index is 0.417. The molecule has 4 heteroatoms. The second-order valence-corrected chi connectivity index (χ2v) is 5.88. The summed E-state index contributed by atoms with van der Waals surface area (Å²) in [5.41, 5.74) is 0. The van der Waals surface area contributed by atoms with E-state index < -0.39 is 0 Å². The van der Waals surface area contributed by atoms with E-state index >= 15 is 0 Å². The lowest BCUT2D eigenvalue weighted by Gasteiger charge is -2.04. The maximum absolute atomic E-state index is 6.22. The summed E-state index contributed by atoms with van der Waals surface area (Å²) in [6.07, 6.45) is 10.6. The lowest BCUT2D eigenvalue weighted by atomic mass is 9.66. The van der Waals surface area contributed by atoms with Crippen LogP contribution in [0.1, 0.15) is 38.5 Å². The Morgan fingerprint density at radius 3 is 1.50 bits per heavy atom. The Kier molecular flexibility index (Phi) is 13.5. The second kappa shape index (κ2) is 12.4. The van der Waals surface area contributed by atoms with E-state index in [1.165, 1.54) is 51.2 Å². The van der Waals surface area contributed by atoms with Crippen molar-refractivity contribution in [3.8, 4) is 0 Å². The fourth-order valence-corrected chi connectivity index (χ4v) is 2.52. The first-order valence-electron chi connectivity index (χ1n) is 5.57. The van der Waals surface area contributed by atoms with E-state index in [0.29, 0.717) is 6.13 Å². The van der Waals surface area contributed by atoms with Gasteiger partial charge >= 0.3 is 0 Å². The molecule has 0 unspecified atom stereocenters. The number of rotatable bonds is 10. The van der Waals surface area contributed by atoms with E-state index in [4.69, 9.17) is 11.5 Å². The zero-order valence-corrected chi connectivity index (χ0v) is 12.7. The highest BCUT2D eigenvalue weighted by Gasteiger charge is 2.08. The third-order valence-electron chi connectivity index (χ3n) is 2.30. The van der Waals surface area contributed by atoms with Gasteiger partial charge in [-0.2, -0.15) is 11.5 Å². The van der Waals surface area contributed by atoms with Crippen LogP contribution >= 0.6 is 43.3 Å². The highest BCUT2D eigenvalue weighted by molar-refractivity contribution is 9.09. The molecule has 0 aliphatic carbocycles. The predicted octanol–water partition coefficient (Wildman–Crippen LogP) is 5.35. The third-order valence-corrected chi connectivity index (χ3v) is 3.86. The van der Waals surface area contributed by atoms with Crippen LogP contribution in [0.15, 0.2) is 0 Å². The Hall–Kier alpha value is 1.31. The fourth-order valence-electron chi connectivity index (χ4n) is 1.42. The van der Waals surface area contributed by atoms with Crippen LogP contribution in [0, 0.1) is 0 Å². The van der Waals surface area contributed by atoms with Gasteiger partial charge in [-0.1, -0.05) is 70.2 Å². The van der Waals surface area contributed by atoms with Crippen molar-refractivity contribution >= 4 is 49.4 Å². The number of unbranched alkanes of at least 4 members (excludes halogenated alkanes) is 4. The monoisotopic (exact) mass is 344 g/mol. The van der Waals surface area contributed by atoms with Crippen LogP contribution in [0.3, 0.4) is 0 Å². The molecule has 0 amide bonds. The lowest BCUT2D eigenvalue weighted by Crippen LogP contribution is -2.02. The van der Waals surface area contributed by atoms with Gasteiger partial charge in [-0.3, -0.25) is 0 Å². The molecule has 0 aliphatic rings. The minimum atomic E-state index is 0.417. The molecule has 0 atom stereocenters. The first kappa shape index (κ1) is 15.3. The summed E-state index contributed by atoms with van der Waals surface area (Å²) in [6, 6.07) is 0. The molecule has 0 aromatic heterocycles. The Morgan fingerprint density at radius 2 is 1.14 bits per heavy atom. The van der Waals surface area contributed by atoms with Crippen molar-refractivity contribution in [2.24, 2.45) is 0 Å². The summed E-state index contributed by atoms with van der Waals surface area (Å²) in [5, 5.41) is 2.26. The zero-order valence-electron chi connectivity index (χ0n) is 8.78. The summed E-state index contributed by atoms with van der Waals surface area (Å²) < 4.78 is 0. The van der Waals surface area contributed by atoms with Gasteiger partial charge in [0.1, 0.15) is 0 Å². The van der Waals surface area contributed by atoms with Gasteiger partial charge in [-0.15, -0.1) is 0 Å². The molecule has 0 bridgehead atoms. The highest BCUT2D eigenvalue weighted by Crippen LogP contribution is 2.15. The zero-order chi connectivity index (χ0) is 10.6. The highest BCUT2D eigenvalue weighted by atomic mass is 79.9. The van der Waals surface area contributed by atoms with E-state index in [1.807, 2.05) is 0 Å². The normalized spacial score (nSPS) is 10.5. The maximum Gasteiger partial charge on any atom is 0.250 e. The van der Waals surface area contributed by atoms with Crippen molar-refractivity contribution in [3.05, 3.63) is 0 Å². The van der Waals surface area contributed by atoms with Gasteiger partial charge in [0.15, 0.2) is 0 Å². The molecule has 0 aromatic carbocycles. The van der Waals surface area contributed by atoms with Crippen molar-refractivity contribution in [1.82, 2.24) is 0 Å². The minimum Gasteiger partial charge on any atom is -0.196 e. The van der Waals surface area contributed by atoms with Crippen LogP contribution in [0.4, 0.5) is 0 Å². The predicted molar refractivity (Wildman–Crippen MR) is 76.5 cm³/mol. The average Bonchev–Trinajstić information content (AvgIpc) is 2.19. The molecule has 0 aliphatic heterocycles. The Balaban J connectivity index is 3.07. The van der Waals surface area contributed by atoms with E-state index in [-0.39, 0.29) is 0 Å². The van der Waals surface area contributed by atoms with Crippen LogP contribution < -0.4 is 0 Å². The molecule has 0 spiro atoms. The molecule has 0 N–H and O–H groups in total. The van der Waals surface area contributed by atoms with E-state index in [1.54, 1.807) is 0 Å². The van der Waals surface area contributed by atoms with Gasteiger partial charge < -0.3 is 0 Å². The van der Waals surface area contributed by atoms with Gasteiger partial charge in [0.2, 0.25) is 0 Å². The number of alkyl halides is 2.